The SMILES string of the molecule is COc1cccc(-c2ccc3c(c2)CC[C@@]32OC(=O)N(CC(=O)N(Cc3ccc(F)cc3)C(C)C(F)(F)F)C2=O)n1. The monoisotopic (exact) mass is 571 g/mol. The van der Waals surface area contributed by atoms with Gasteiger partial charge in [-0.15, -0.1) is 0 Å². The summed E-state index contributed by atoms with van der Waals surface area (Å²) in [6.07, 6.45) is -5.40. The molecule has 8 nitrogen and oxygen atoms in total. The van der Waals surface area contributed by atoms with Crippen LogP contribution in [0.4, 0.5) is 22.4 Å². The fourth-order valence-corrected chi connectivity index (χ4v) is 5.13. The van der Waals surface area contributed by atoms with Gasteiger partial charge >= 0.3 is 12.3 Å². The van der Waals surface area contributed by atoms with E-state index in [2.05, 4.69) is 4.98 Å². The molecule has 3 aromatic rings. The molecule has 1 saturated heterocycles. The number of fused-ring (bicyclic) bond motifs is 2. The van der Waals surface area contributed by atoms with Crippen molar-refractivity contribution >= 4 is 17.9 Å². The molecule has 0 N–H and O–H groups in total. The highest BCUT2D eigenvalue weighted by Gasteiger charge is 2.58. The molecule has 1 aromatic heterocycles. The van der Waals surface area contributed by atoms with Crippen LogP contribution in [0.25, 0.3) is 11.3 Å². The number of hydrogen-bond acceptors (Lipinski definition) is 6. The maximum atomic E-state index is 13.7. The number of hydrogen-bond donors (Lipinski definition) is 0. The maximum Gasteiger partial charge on any atom is 0.418 e. The summed E-state index contributed by atoms with van der Waals surface area (Å²) in [6, 6.07) is 12.9. The second-order valence-corrected chi connectivity index (χ2v) is 9.89. The summed E-state index contributed by atoms with van der Waals surface area (Å²) in [5.41, 5.74) is 1.14. The van der Waals surface area contributed by atoms with Crippen LogP contribution < -0.4 is 4.74 Å². The van der Waals surface area contributed by atoms with E-state index in [-0.39, 0.29) is 12.0 Å². The number of aryl methyl sites for hydroxylation is 1. The molecule has 1 fully saturated rings. The quantitative estimate of drug-likeness (QED) is 0.371. The number of carbonyl (C=O) groups excluding carboxylic acids is 3. The Labute approximate surface area is 232 Å². The Bertz CT molecular complexity index is 1510. The third kappa shape index (κ3) is 5.21. The van der Waals surface area contributed by atoms with Crippen LogP contribution in [-0.4, -0.2) is 58.6 Å². The van der Waals surface area contributed by atoms with E-state index in [9.17, 15) is 31.9 Å². The zero-order valence-corrected chi connectivity index (χ0v) is 22.1. The lowest BCUT2D eigenvalue weighted by molar-refractivity contribution is -0.187. The van der Waals surface area contributed by atoms with Crippen LogP contribution in [0.5, 0.6) is 5.88 Å². The fraction of sp³-hybridized carbons (Fsp3) is 0.310. The standard InChI is InChI=1S/C29H25F4N3O5/c1-17(29(31,32)33)35(15-18-6-9-21(30)10-7-18)25(37)16-36-26(38)28(41-27(36)39)13-12-19-14-20(8-11-22(19)28)23-4-3-5-24(34-23)40-2/h3-11,14,17H,12-13,15-16H2,1-2H3/t17?,28-/m1/s1. The number of benzene rings is 2. The van der Waals surface area contributed by atoms with Gasteiger partial charge in [0.1, 0.15) is 18.4 Å². The van der Waals surface area contributed by atoms with Gasteiger partial charge in [-0.2, -0.15) is 13.2 Å². The average molecular weight is 572 g/mol. The van der Waals surface area contributed by atoms with Crippen LogP contribution in [0.15, 0.2) is 60.7 Å². The molecule has 1 unspecified atom stereocenters. The molecule has 2 aliphatic rings. The van der Waals surface area contributed by atoms with Gasteiger partial charge in [-0.05, 0) is 48.7 Å². The van der Waals surface area contributed by atoms with Gasteiger partial charge in [0.25, 0.3) is 5.91 Å². The largest absolute Gasteiger partial charge is 0.481 e. The second kappa shape index (κ2) is 10.5. The molecule has 2 aromatic carbocycles. The number of carbonyl (C=O) groups is 3. The minimum absolute atomic E-state index is 0.116. The smallest absolute Gasteiger partial charge is 0.418 e. The number of amides is 3. The summed E-state index contributed by atoms with van der Waals surface area (Å²) < 4.78 is 65.0. The zero-order valence-electron chi connectivity index (χ0n) is 22.1. The molecule has 2 atom stereocenters. The van der Waals surface area contributed by atoms with Gasteiger partial charge in [0, 0.05) is 30.2 Å². The number of imide groups is 1. The minimum atomic E-state index is -4.79. The van der Waals surface area contributed by atoms with Crippen LogP contribution in [0.2, 0.25) is 0 Å². The predicted molar refractivity (Wildman–Crippen MR) is 137 cm³/mol. The maximum absolute atomic E-state index is 13.7. The highest BCUT2D eigenvalue weighted by Crippen LogP contribution is 2.46. The number of methoxy groups -OCH3 is 1. The Morgan fingerprint density at radius 3 is 2.56 bits per heavy atom. The molecule has 1 aliphatic heterocycles. The predicted octanol–water partition coefficient (Wildman–Crippen LogP) is 5.00. The van der Waals surface area contributed by atoms with E-state index in [4.69, 9.17) is 9.47 Å². The summed E-state index contributed by atoms with van der Waals surface area (Å²) in [7, 11) is 1.50. The molecule has 0 bridgehead atoms. The van der Waals surface area contributed by atoms with Crippen molar-refractivity contribution in [2.75, 3.05) is 13.7 Å². The van der Waals surface area contributed by atoms with Crippen LogP contribution in [-0.2, 0) is 32.9 Å². The van der Waals surface area contributed by atoms with Crippen molar-refractivity contribution in [3.05, 3.63) is 83.2 Å². The summed E-state index contributed by atoms with van der Waals surface area (Å²) in [5, 5.41) is 0. The van der Waals surface area contributed by atoms with Gasteiger partial charge in [0.2, 0.25) is 17.4 Å². The molecular weight excluding hydrogens is 546 g/mol. The summed E-state index contributed by atoms with van der Waals surface area (Å²) in [6.45, 7) is -0.650. The van der Waals surface area contributed by atoms with Crippen molar-refractivity contribution in [1.29, 1.82) is 0 Å². The number of aromatic nitrogens is 1. The van der Waals surface area contributed by atoms with Crippen molar-refractivity contribution in [3.63, 3.8) is 0 Å². The third-order valence-corrected chi connectivity index (χ3v) is 7.41. The summed E-state index contributed by atoms with van der Waals surface area (Å²) >= 11 is 0. The first-order valence-electron chi connectivity index (χ1n) is 12.7. The van der Waals surface area contributed by atoms with Gasteiger partial charge in [-0.25, -0.2) is 19.1 Å². The Kier molecular flexibility index (Phi) is 7.18. The highest BCUT2D eigenvalue weighted by molar-refractivity contribution is 6.06. The molecule has 2 heterocycles. The number of alkyl halides is 3. The van der Waals surface area contributed by atoms with Crippen LogP contribution in [0.3, 0.4) is 0 Å². The lowest BCUT2D eigenvalue weighted by atomic mass is 9.93. The van der Waals surface area contributed by atoms with Gasteiger partial charge in [0.05, 0.1) is 12.8 Å². The van der Waals surface area contributed by atoms with Crippen molar-refractivity contribution in [2.24, 2.45) is 0 Å². The highest BCUT2D eigenvalue weighted by atomic mass is 19.4. The first-order chi connectivity index (χ1) is 19.4. The van der Waals surface area contributed by atoms with Gasteiger partial charge in [-0.1, -0.05) is 30.3 Å². The average Bonchev–Trinajstić information content (AvgIpc) is 3.43. The Hall–Kier alpha value is -4.48. The van der Waals surface area contributed by atoms with Crippen molar-refractivity contribution < 1.29 is 41.4 Å². The van der Waals surface area contributed by atoms with Crippen LogP contribution in [0, 0.1) is 5.82 Å². The Morgan fingerprint density at radius 1 is 1.15 bits per heavy atom. The second-order valence-electron chi connectivity index (χ2n) is 9.89. The number of halogens is 4. The topological polar surface area (TPSA) is 89.0 Å². The zero-order chi connectivity index (χ0) is 29.5. The molecular formula is C29H25F4N3O5. The molecule has 1 spiro atoms. The number of nitrogens with zero attached hydrogens (tertiary/aromatic N) is 3. The molecule has 41 heavy (non-hydrogen) atoms. The van der Waals surface area contributed by atoms with Crippen LogP contribution >= 0.6 is 0 Å². The molecule has 0 radical (unpaired) electrons. The molecule has 214 valence electrons. The van der Waals surface area contributed by atoms with Crippen molar-refractivity contribution in [2.45, 2.75) is 44.1 Å². The number of ether oxygens (including phenoxy) is 2. The van der Waals surface area contributed by atoms with Crippen LogP contribution in [0.1, 0.15) is 30.0 Å². The third-order valence-electron chi connectivity index (χ3n) is 7.41. The van der Waals surface area contributed by atoms with E-state index in [1.165, 1.54) is 19.2 Å². The fourth-order valence-electron chi connectivity index (χ4n) is 5.13. The first-order valence-corrected chi connectivity index (χ1v) is 12.7. The molecule has 12 heteroatoms. The van der Waals surface area contributed by atoms with E-state index in [0.29, 0.717) is 33.4 Å². The number of pyridine rings is 1. The molecule has 3 amide bonds. The van der Waals surface area contributed by atoms with Gasteiger partial charge in [0.15, 0.2) is 0 Å². The van der Waals surface area contributed by atoms with E-state index in [1.807, 2.05) is 6.07 Å². The minimum Gasteiger partial charge on any atom is -0.481 e. The summed E-state index contributed by atoms with van der Waals surface area (Å²) in [5.74, 6) is -2.09. The molecule has 1 aliphatic carbocycles. The normalized spacial score (nSPS) is 18.8. The lowest BCUT2D eigenvalue weighted by Crippen LogP contribution is -2.51. The Morgan fingerprint density at radius 2 is 1.88 bits per heavy atom. The van der Waals surface area contributed by atoms with Crippen molar-refractivity contribution in [1.82, 2.24) is 14.8 Å². The van der Waals surface area contributed by atoms with E-state index in [0.717, 1.165) is 30.2 Å². The van der Waals surface area contributed by atoms with E-state index >= 15 is 0 Å². The molecule has 0 saturated carbocycles. The Balaban J connectivity index is 1.39. The van der Waals surface area contributed by atoms with Crippen molar-refractivity contribution in [3.8, 4) is 17.1 Å². The van der Waals surface area contributed by atoms with E-state index < -0.39 is 54.6 Å². The number of rotatable bonds is 7. The van der Waals surface area contributed by atoms with Gasteiger partial charge < -0.3 is 14.4 Å². The van der Waals surface area contributed by atoms with E-state index in [1.54, 1.807) is 30.3 Å². The summed E-state index contributed by atoms with van der Waals surface area (Å²) in [4.78, 5) is 45.1. The first kappa shape index (κ1) is 28.1. The lowest BCUT2D eigenvalue weighted by Gasteiger charge is -2.31. The molecule has 5 rings (SSSR count). The van der Waals surface area contributed by atoms with Gasteiger partial charge in [-0.3, -0.25) is 9.59 Å².